The zero-order valence-corrected chi connectivity index (χ0v) is 14.9. The van der Waals surface area contributed by atoms with Gasteiger partial charge in [-0.05, 0) is 26.0 Å². The van der Waals surface area contributed by atoms with Crippen LogP contribution in [0.5, 0.6) is 0 Å². The quantitative estimate of drug-likeness (QED) is 0.847. The van der Waals surface area contributed by atoms with E-state index in [0.29, 0.717) is 13.1 Å². The van der Waals surface area contributed by atoms with Crippen LogP contribution in [0.1, 0.15) is 13.8 Å². The first-order valence-electron chi connectivity index (χ1n) is 8.88. The summed E-state index contributed by atoms with van der Waals surface area (Å²) in [4.78, 5) is 18.2. The second kappa shape index (κ2) is 7.84. The number of carbonyl (C=O) groups excluding carboxylic acids is 1. The number of anilines is 1. The highest BCUT2D eigenvalue weighted by Gasteiger charge is 2.23. The van der Waals surface area contributed by atoms with Gasteiger partial charge < -0.3 is 19.4 Å². The maximum Gasteiger partial charge on any atom is 0.251 e. The van der Waals surface area contributed by atoms with Crippen LogP contribution >= 0.6 is 0 Å². The van der Waals surface area contributed by atoms with E-state index < -0.39 is 6.10 Å². The fraction of sp³-hybridized carbons (Fsp3) is 0.556. The maximum atomic E-state index is 11.9. The number of likely N-dealkylation sites (N-methyl/N-ethyl adjacent to an activating group) is 1. The first kappa shape index (κ1) is 17.7. The number of nitrogens with zero attached hydrogens (tertiary/aromatic N) is 4. The number of amides is 1. The highest BCUT2D eigenvalue weighted by atomic mass is 16.5. The Labute approximate surface area is 147 Å². The Morgan fingerprint density at radius 2 is 2.04 bits per heavy atom. The van der Waals surface area contributed by atoms with Crippen LogP contribution in [0, 0.1) is 0 Å². The SMILES string of the molecule is CCN(CCN1CCN(c2noc3ccccc23)CC1)C(=O)C(C)O. The molecular weight excluding hydrogens is 320 g/mol. The molecule has 1 saturated heterocycles. The van der Waals surface area contributed by atoms with E-state index in [1.807, 2.05) is 31.2 Å². The van der Waals surface area contributed by atoms with E-state index in [-0.39, 0.29) is 5.91 Å². The van der Waals surface area contributed by atoms with E-state index in [1.54, 1.807) is 4.90 Å². The van der Waals surface area contributed by atoms with Crippen LogP contribution < -0.4 is 4.90 Å². The minimum Gasteiger partial charge on any atom is -0.384 e. The minimum atomic E-state index is -0.933. The van der Waals surface area contributed by atoms with Crippen molar-refractivity contribution in [2.75, 3.05) is 50.7 Å². The van der Waals surface area contributed by atoms with Gasteiger partial charge in [0.05, 0.1) is 5.39 Å². The molecular formula is C18H26N4O3. The number of hydrogen-bond acceptors (Lipinski definition) is 6. The van der Waals surface area contributed by atoms with Gasteiger partial charge in [0.2, 0.25) is 0 Å². The Kier molecular flexibility index (Phi) is 5.55. The second-order valence-electron chi connectivity index (χ2n) is 6.42. The average molecular weight is 346 g/mol. The van der Waals surface area contributed by atoms with Gasteiger partial charge in [-0.25, -0.2) is 0 Å². The number of benzene rings is 1. The Morgan fingerprint density at radius 1 is 1.32 bits per heavy atom. The molecule has 0 spiro atoms. The van der Waals surface area contributed by atoms with Crippen molar-refractivity contribution in [3.05, 3.63) is 24.3 Å². The van der Waals surface area contributed by atoms with E-state index in [9.17, 15) is 9.90 Å². The summed E-state index contributed by atoms with van der Waals surface area (Å²) < 4.78 is 5.40. The van der Waals surface area contributed by atoms with Crippen molar-refractivity contribution in [2.24, 2.45) is 0 Å². The predicted octanol–water partition coefficient (Wildman–Crippen LogP) is 1.18. The lowest BCUT2D eigenvalue weighted by atomic mass is 10.2. The molecule has 1 aliphatic rings. The Morgan fingerprint density at radius 3 is 2.72 bits per heavy atom. The van der Waals surface area contributed by atoms with Gasteiger partial charge in [0, 0.05) is 45.8 Å². The van der Waals surface area contributed by atoms with E-state index in [1.165, 1.54) is 6.92 Å². The number of rotatable bonds is 6. The van der Waals surface area contributed by atoms with Crippen molar-refractivity contribution in [1.82, 2.24) is 15.0 Å². The topological polar surface area (TPSA) is 73.0 Å². The van der Waals surface area contributed by atoms with Crippen LogP contribution in [0.15, 0.2) is 28.8 Å². The summed E-state index contributed by atoms with van der Waals surface area (Å²) in [6.07, 6.45) is -0.933. The van der Waals surface area contributed by atoms with Gasteiger partial charge in [-0.3, -0.25) is 9.69 Å². The number of aliphatic hydroxyl groups is 1. The first-order chi connectivity index (χ1) is 12.1. The molecule has 1 atom stereocenters. The lowest BCUT2D eigenvalue weighted by molar-refractivity contribution is -0.139. The molecule has 0 bridgehead atoms. The standard InChI is InChI=1S/C18H26N4O3/c1-3-21(18(24)14(2)23)11-8-20-9-12-22(13-10-20)17-15-6-4-5-7-16(15)25-19-17/h4-7,14,23H,3,8-13H2,1-2H3. The van der Waals surface area contributed by atoms with E-state index in [2.05, 4.69) is 15.0 Å². The Bertz CT molecular complexity index is 707. The van der Waals surface area contributed by atoms with Crippen molar-refractivity contribution < 1.29 is 14.4 Å². The molecule has 7 nitrogen and oxygen atoms in total. The number of hydrogen-bond donors (Lipinski definition) is 1. The molecule has 25 heavy (non-hydrogen) atoms. The van der Waals surface area contributed by atoms with Gasteiger partial charge >= 0.3 is 0 Å². The van der Waals surface area contributed by atoms with Crippen LogP contribution in [-0.4, -0.2) is 77.9 Å². The minimum absolute atomic E-state index is 0.199. The monoisotopic (exact) mass is 346 g/mol. The lowest BCUT2D eigenvalue weighted by Gasteiger charge is -2.35. The molecule has 0 aliphatic carbocycles. The van der Waals surface area contributed by atoms with Crippen LogP contribution in [0.2, 0.25) is 0 Å². The van der Waals surface area contributed by atoms with E-state index >= 15 is 0 Å². The Hall–Kier alpha value is -2.12. The maximum absolute atomic E-state index is 11.9. The van der Waals surface area contributed by atoms with Crippen LogP contribution in [0.4, 0.5) is 5.82 Å². The van der Waals surface area contributed by atoms with Gasteiger partial charge in [-0.15, -0.1) is 0 Å². The zero-order chi connectivity index (χ0) is 17.8. The lowest BCUT2D eigenvalue weighted by Crippen LogP contribution is -2.49. The molecule has 1 aromatic heterocycles. The number of carbonyl (C=O) groups is 1. The number of para-hydroxylation sites is 1. The smallest absolute Gasteiger partial charge is 0.251 e. The number of aliphatic hydroxyl groups excluding tert-OH is 1. The number of fused-ring (bicyclic) bond motifs is 1. The zero-order valence-electron chi connectivity index (χ0n) is 14.9. The largest absolute Gasteiger partial charge is 0.384 e. The third kappa shape index (κ3) is 3.93. The predicted molar refractivity (Wildman–Crippen MR) is 96.6 cm³/mol. The highest BCUT2D eigenvalue weighted by Crippen LogP contribution is 2.26. The van der Waals surface area contributed by atoms with Crippen molar-refractivity contribution in [2.45, 2.75) is 20.0 Å². The molecule has 0 radical (unpaired) electrons. The molecule has 7 heteroatoms. The van der Waals surface area contributed by atoms with Gasteiger partial charge in [0.1, 0.15) is 6.10 Å². The van der Waals surface area contributed by atoms with Crippen molar-refractivity contribution in [3.8, 4) is 0 Å². The summed E-state index contributed by atoms with van der Waals surface area (Å²) >= 11 is 0. The molecule has 2 aromatic rings. The van der Waals surface area contributed by atoms with Gasteiger partial charge in [0.15, 0.2) is 11.4 Å². The van der Waals surface area contributed by atoms with Crippen molar-refractivity contribution >= 4 is 22.7 Å². The van der Waals surface area contributed by atoms with Crippen LogP contribution in [0.25, 0.3) is 11.0 Å². The Balaban J connectivity index is 1.53. The molecule has 1 N–H and O–H groups in total. The summed E-state index contributed by atoms with van der Waals surface area (Å²) in [5.74, 6) is 0.713. The van der Waals surface area contributed by atoms with E-state index in [0.717, 1.165) is 49.5 Å². The number of aromatic nitrogens is 1. The molecule has 1 amide bonds. The summed E-state index contributed by atoms with van der Waals surface area (Å²) in [7, 11) is 0. The third-order valence-electron chi connectivity index (χ3n) is 4.77. The summed E-state index contributed by atoms with van der Waals surface area (Å²) in [5, 5.41) is 14.7. The molecule has 1 aromatic carbocycles. The molecule has 1 unspecified atom stereocenters. The summed E-state index contributed by atoms with van der Waals surface area (Å²) in [6, 6.07) is 7.91. The average Bonchev–Trinajstić information content (AvgIpc) is 3.06. The fourth-order valence-corrected chi connectivity index (χ4v) is 3.23. The van der Waals surface area contributed by atoms with Gasteiger partial charge in [0.25, 0.3) is 5.91 Å². The van der Waals surface area contributed by atoms with Gasteiger partial charge in [-0.1, -0.05) is 17.3 Å². The normalized spacial score (nSPS) is 17.0. The van der Waals surface area contributed by atoms with Crippen LogP contribution in [-0.2, 0) is 4.79 Å². The third-order valence-corrected chi connectivity index (χ3v) is 4.77. The number of piperazine rings is 1. The molecule has 3 rings (SSSR count). The second-order valence-corrected chi connectivity index (χ2v) is 6.42. The van der Waals surface area contributed by atoms with Crippen molar-refractivity contribution in [3.63, 3.8) is 0 Å². The summed E-state index contributed by atoms with van der Waals surface area (Å²) in [5.41, 5.74) is 0.815. The van der Waals surface area contributed by atoms with Crippen LogP contribution in [0.3, 0.4) is 0 Å². The highest BCUT2D eigenvalue weighted by molar-refractivity contribution is 5.88. The molecule has 1 fully saturated rings. The van der Waals surface area contributed by atoms with Gasteiger partial charge in [-0.2, -0.15) is 0 Å². The molecule has 136 valence electrons. The first-order valence-corrected chi connectivity index (χ1v) is 8.88. The molecule has 0 saturated carbocycles. The van der Waals surface area contributed by atoms with Crippen molar-refractivity contribution in [1.29, 1.82) is 0 Å². The summed E-state index contributed by atoms with van der Waals surface area (Å²) in [6.45, 7) is 9.14. The molecule has 1 aliphatic heterocycles. The molecule has 2 heterocycles. The fourth-order valence-electron chi connectivity index (χ4n) is 3.23. The van der Waals surface area contributed by atoms with E-state index in [4.69, 9.17) is 4.52 Å².